The third-order valence-corrected chi connectivity index (χ3v) is 5.04. The van der Waals surface area contributed by atoms with Gasteiger partial charge in [0.25, 0.3) is 0 Å². The Morgan fingerprint density at radius 3 is 2.57 bits per heavy atom. The molecule has 0 aliphatic heterocycles. The van der Waals surface area contributed by atoms with Gasteiger partial charge in [-0.3, -0.25) is 4.79 Å². The van der Waals surface area contributed by atoms with E-state index in [1.165, 1.54) is 39.2 Å². The molecule has 130 valence electrons. The first kappa shape index (κ1) is 18.1. The van der Waals surface area contributed by atoms with E-state index in [1.807, 2.05) is 6.92 Å². The molecule has 0 bridgehead atoms. The lowest BCUT2D eigenvalue weighted by atomic mass is 9.80. The van der Waals surface area contributed by atoms with Crippen LogP contribution >= 0.6 is 0 Å². The van der Waals surface area contributed by atoms with Crippen LogP contribution in [0, 0.1) is 6.92 Å². The van der Waals surface area contributed by atoms with Crippen molar-refractivity contribution in [3.63, 3.8) is 0 Å². The maximum atomic E-state index is 12.7. The molecule has 0 radical (unpaired) electrons. The summed E-state index contributed by atoms with van der Waals surface area (Å²) in [6.07, 6.45) is 9.65. The zero-order chi connectivity index (χ0) is 16.8. The molecule has 1 aliphatic carbocycles. The van der Waals surface area contributed by atoms with Gasteiger partial charge in [0.05, 0.1) is 24.6 Å². The summed E-state index contributed by atoms with van der Waals surface area (Å²) in [5, 5.41) is 10.2. The molecule has 1 aromatic rings. The molecule has 0 fully saturated rings. The Labute approximate surface area is 139 Å². The molecule has 0 saturated heterocycles. The van der Waals surface area contributed by atoms with Crippen molar-refractivity contribution in [3.8, 4) is 5.75 Å². The zero-order valence-electron chi connectivity index (χ0n) is 14.8. The van der Waals surface area contributed by atoms with Gasteiger partial charge in [-0.05, 0) is 32.1 Å². The number of ether oxygens (including phenoxy) is 1. The van der Waals surface area contributed by atoms with Crippen molar-refractivity contribution in [1.82, 2.24) is 4.98 Å². The van der Waals surface area contributed by atoms with E-state index in [9.17, 15) is 9.90 Å². The largest absolute Gasteiger partial charge is 0.491 e. The van der Waals surface area contributed by atoms with Crippen LogP contribution in [0.3, 0.4) is 0 Å². The minimum absolute atomic E-state index is 0.0338. The lowest BCUT2D eigenvalue weighted by molar-refractivity contribution is 0.143. The van der Waals surface area contributed by atoms with Gasteiger partial charge in [-0.2, -0.15) is 0 Å². The van der Waals surface area contributed by atoms with E-state index in [-0.39, 0.29) is 11.3 Å². The molecular formula is C19H31NO3. The molecule has 1 aromatic heterocycles. The third-order valence-electron chi connectivity index (χ3n) is 5.04. The number of aryl methyl sites for hydroxylation is 1. The number of H-pyrrole nitrogens is 1. The average molecular weight is 321 g/mol. The van der Waals surface area contributed by atoms with Gasteiger partial charge in [-0.25, -0.2) is 0 Å². The molecule has 4 nitrogen and oxygen atoms in total. The van der Waals surface area contributed by atoms with Crippen molar-refractivity contribution >= 4 is 0 Å². The van der Waals surface area contributed by atoms with E-state index in [1.54, 1.807) is 0 Å². The molecule has 1 aliphatic rings. The number of nitrogens with one attached hydrogen (secondary N) is 1. The second-order valence-electron chi connectivity index (χ2n) is 6.79. The van der Waals surface area contributed by atoms with Crippen molar-refractivity contribution in [2.45, 2.75) is 83.7 Å². The first-order valence-electron chi connectivity index (χ1n) is 9.08. The van der Waals surface area contributed by atoms with Gasteiger partial charge in [0.1, 0.15) is 0 Å². The second kappa shape index (κ2) is 8.53. The van der Waals surface area contributed by atoms with E-state index in [4.69, 9.17) is 4.74 Å². The number of aromatic nitrogens is 1. The Morgan fingerprint density at radius 1 is 1.17 bits per heavy atom. The predicted molar refractivity (Wildman–Crippen MR) is 93.3 cm³/mol. The van der Waals surface area contributed by atoms with Crippen LogP contribution in [-0.4, -0.2) is 17.2 Å². The van der Waals surface area contributed by atoms with Crippen LogP contribution in [0.25, 0.3) is 0 Å². The van der Waals surface area contributed by atoms with Gasteiger partial charge in [0.2, 0.25) is 5.43 Å². The maximum absolute atomic E-state index is 12.7. The topological polar surface area (TPSA) is 62.3 Å². The number of hydrogen-bond donors (Lipinski definition) is 2. The highest BCUT2D eigenvalue weighted by atomic mass is 16.5. The van der Waals surface area contributed by atoms with E-state index in [2.05, 4.69) is 11.9 Å². The van der Waals surface area contributed by atoms with Gasteiger partial charge >= 0.3 is 0 Å². The molecular weight excluding hydrogens is 290 g/mol. The predicted octanol–water partition coefficient (Wildman–Crippen LogP) is 4.35. The van der Waals surface area contributed by atoms with E-state index < -0.39 is 6.10 Å². The highest BCUT2D eigenvalue weighted by molar-refractivity contribution is 5.39. The third kappa shape index (κ3) is 4.17. The Hall–Kier alpha value is -1.29. The molecule has 2 rings (SSSR count). The molecule has 0 amide bonds. The summed E-state index contributed by atoms with van der Waals surface area (Å²) >= 11 is 0. The lowest BCUT2D eigenvalue weighted by Gasteiger charge is -2.29. The van der Waals surface area contributed by atoms with Crippen molar-refractivity contribution in [3.05, 3.63) is 27.2 Å². The van der Waals surface area contributed by atoms with Gasteiger partial charge in [-0.1, -0.05) is 45.4 Å². The summed E-state index contributed by atoms with van der Waals surface area (Å²) in [5.74, 6) is 0.642. The zero-order valence-corrected chi connectivity index (χ0v) is 14.8. The van der Waals surface area contributed by atoms with Crippen molar-refractivity contribution in [1.29, 1.82) is 0 Å². The monoisotopic (exact) mass is 321 g/mol. The van der Waals surface area contributed by atoms with Crippen LogP contribution < -0.4 is 10.2 Å². The fourth-order valence-electron chi connectivity index (χ4n) is 3.76. The Kier molecular flexibility index (Phi) is 6.70. The molecule has 1 heterocycles. The molecule has 2 N–H and O–H groups in total. The Morgan fingerprint density at radius 2 is 1.87 bits per heavy atom. The quantitative estimate of drug-likeness (QED) is 0.700. The fourth-order valence-corrected chi connectivity index (χ4v) is 3.76. The number of aliphatic hydroxyl groups excluding tert-OH is 1. The van der Waals surface area contributed by atoms with Crippen LogP contribution in [-0.2, 0) is 0 Å². The average Bonchev–Trinajstić information content (AvgIpc) is 2.53. The lowest BCUT2D eigenvalue weighted by Crippen LogP contribution is -2.26. The van der Waals surface area contributed by atoms with E-state index in [0.717, 1.165) is 36.9 Å². The summed E-state index contributed by atoms with van der Waals surface area (Å²) in [7, 11) is 1.53. The summed E-state index contributed by atoms with van der Waals surface area (Å²) in [6.45, 7) is 4.05. The summed E-state index contributed by atoms with van der Waals surface area (Å²) in [5.41, 5.74) is 2.15. The van der Waals surface area contributed by atoms with Gasteiger partial charge in [-0.15, -0.1) is 0 Å². The standard InChI is InChI=1S/C19H31NO3/c1-4-5-6-7-8-9-10-14-11-12-15(21)17-16(14)18(22)19(23-3)13(2)20-17/h14-15,21H,4-12H2,1-3H3,(H,20,22)/t14-,15?/m1/s1. The number of aliphatic hydroxyl groups is 1. The van der Waals surface area contributed by atoms with Gasteiger partial charge in [0, 0.05) is 5.56 Å². The van der Waals surface area contributed by atoms with Crippen LogP contribution in [0.5, 0.6) is 5.75 Å². The number of fused-ring (bicyclic) bond motifs is 1. The Bertz CT molecular complexity index is 564. The summed E-state index contributed by atoms with van der Waals surface area (Å²) < 4.78 is 5.27. The summed E-state index contributed by atoms with van der Waals surface area (Å²) in [4.78, 5) is 16.0. The summed E-state index contributed by atoms with van der Waals surface area (Å²) in [6, 6.07) is 0. The molecule has 0 aromatic carbocycles. The second-order valence-corrected chi connectivity index (χ2v) is 6.79. The minimum Gasteiger partial charge on any atom is -0.491 e. The first-order valence-corrected chi connectivity index (χ1v) is 9.08. The van der Waals surface area contributed by atoms with Gasteiger partial charge in [0.15, 0.2) is 5.75 Å². The number of unbranched alkanes of at least 4 members (excludes halogenated alkanes) is 5. The van der Waals surface area contributed by atoms with E-state index >= 15 is 0 Å². The number of hydrogen-bond acceptors (Lipinski definition) is 3. The van der Waals surface area contributed by atoms with Crippen LogP contribution in [0.15, 0.2) is 4.79 Å². The van der Waals surface area contributed by atoms with E-state index in [0.29, 0.717) is 11.4 Å². The van der Waals surface area contributed by atoms with Crippen molar-refractivity contribution < 1.29 is 9.84 Å². The molecule has 23 heavy (non-hydrogen) atoms. The van der Waals surface area contributed by atoms with Crippen LogP contribution in [0.2, 0.25) is 0 Å². The molecule has 1 unspecified atom stereocenters. The number of pyridine rings is 1. The smallest absolute Gasteiger partial charge is 0.227 e. The highest BCUT2D eigenvalue weighted by Crippen LogP contribution is 2.38. The fraction of sp³-hybridized carbons (Fsp3) is 0.737. The molecule has 4 heteroatoms. The molecule has 2 atom stereocenters. The normalized spacial score (nSPS) is 20.3. The Balaban J connectivity index is 2.10. The minimum atomic E-state index is -0.553. The van der Waals surface area contributed by atoms with Crippen LogP contribution in [0.1, 0.15) is 93.7 Å². The molecule has 0 spiro atoms. The molecule has 0 saturated carbocycles. The number of rotatable bonds is 8. The SMILES string of the molecule is CCCCCCCC[C@@H]1CCC(O)c2[nH]c(C)c(OC)c(=O)c21. The first-order chi connectivity index (χ1) is 11.1. The maximum Gasteiger partial charge on any atom is 0.227 e. The highest BCUT2D eigenvalue weighted by Gasteiger charge is 2.30. The van der Waals surface area contributed by atoms with Gasteiger partial charge < -0.3 is 14.8 Å². The number of aromatic amines is 1. The number of methoxy groups -OCH3 is 1. The van der Waals surface area contributed by atoms with Crippen LogP contribution in [0.4, 0.5) is 0 Å². The van der Waals surface area contributed by atoms with Crippen molar-refractivity contribution in [2.75, 3.05) is 7.11 Å². The van der Waals surface area contributed by atoms with Crippen molar-refractivity contribution in [2.24, 2.45) is 0 Å².